The number of likely N-dealkylation sites (tertiary alicyclic amines) is 1. The molecule has 3 saturated heterocycles. The summed E-state index contributed by atoms with van der Waals surface area (Å²) in [5.74, 6) is -2.14. The molecular weight excluding hydrogens is 534 g/mol. The summed E-state index contributed by atoms with van der Waals surface area (Å²) < 4.78 is -0.798. The molecule has 0 radical (unpaired) electrons. The maximum atomic E-state index is 14.4. The summed E-state index contributed by atoms with van der Waals surface area (Å²) in [5, 5.41) is 16.8. The summed E-state index contributed by atoms with van der Waals surface area (Å²) in [6, 6.07) is 23.7. The molecule has 3 aromatic rings. The second-order valence-corrected chi connectivity index (χ2v) is 12.2. The highest BCUT2D eigenvalue weighted by atomic mass is 35.5. The predicted octanol–water partition coefficient (Wildman–Crippen LogP) is 4.74. The number of benzene rings is 3. The van der Waals surface area contributed by atoms with Crippen molar-refractivity contribution in [3.8, 4) is 0 Å². The first-order chi connectivity index (χ1) is 18.9. The molecule has 3 aliphatic rings. The second-order valence-electron chi connectivity index (χ2n) is 10.2. The molecule has 0 aromatic heterocycles. The molecule has 9 heteroatoms. The van der Waals surface area contributed by atoms with E-state index in [9.17, 15) is 19.5 Å². The van der Waals surface area contributed by atoms with Crippen molar-refractivity contribution in [3.05, 3.63) is 95.5 Å². The van der Waals surface area contributed by atoms with E-state index in [1.807, 2.05) is 60.7 Å². The maximum absolute atomic E-state index is 14.4. The Morgan fingerprint density at radius 3 is 2.33 bits per heavy atom. The lowest BCUT2D eigenvalue weighted by molar-refractivity contribution is -0.141. The van der Waals surface area contributed by atoms with Crippen LogP contribution >= 0.6 is 23.4 Å². The SMILES string of the molecule is O=C(Nc1ccccc1Cl)C1N([C@H](CO)c2ccccc2)C(=O)[C@@H]2[C@@H](C(=O)Nc3ccccc3)[C@H]3CCC12S3. The van der Waals surface area contributed by atoms with Gasteiger partial charge in [0.1, 0.15) is 6.04 Å². The molecule has 3 heterocycles. The Kier molecular flexibility index (Phi) is 6.87. The normalized spacial score (nSPS) is 27.7. The van der Waals surface area contributed by atoms with Gasteiger partial charge < -0.3 is 20.6 Å². The predicted molar refractivity (Wildman–Crippen MR) is 152 cm³/mol. The van der Waals surface area contributed by atoms with Crippen molar-refractivity contribution in [2.45, 2.75) is 34.9 Å². The number of halogens is 1. The van der Waals surface area contributed by atoms with Crippen LogP contribution in [0.5, 0.6) is 0 Å². The molecule has 6 rings (SSSR count). The summed E-state index contributed by atoms with van der Waals surface area (Å²) in [5.41, 5.74) is 1.84. The number of anilines is 2. The van der Waals surface area contributed by atoms with Gasteiger partial charge in [0.15, 0.2) is 0 Å². The minimum absolute atomic E-state index is 0.0790. The van der Waals surface area contributed by atoms with Gasteiger partial charge in [0.05, 0.1) is 39.9 Å². The van der Waals surface area contributed by atoms with Crippen LogP contribution < -0.4 is 10.6 Å². The van der Waals surface area contributed by atoms with Crippen molar-refractivity contribution in [2.24, 2.45) is 11.8 Å². The van der Waals surface area contributed by atoms with Gasteiger partial charge in [-0.25, -0.2) is 0 Å². The van der Waals surface area contributed by atoms with Gasteiger partial charge in [-0.3, -0.25) is 14.4 Å². The van der Waals surface area contributed by atoms with Crippen LogP contribution in [0.2, 0.25) is 5.02 Å². The Hall–Kier alpha value is -3.33. The number of aliphatic hydroxyl groups excluding tert-OH is 1. The van der Waals surface area contributed by atoms with Crippen LogP contribution in [-0.2, 0) is 14.4 Å². The molecule has 3 fully saturated rings. The van der Waals surface area contributed by atoms with Crippen LogP contribution in [0.15, 0.2) is 84.9 Å². The topological polar surface area (TPSA) is 98.7 Å². The Labute approximate surface area is 235 Å². The van der Waals surface area contributed by atoms with Crippen LogP contribution in [0.25, 0.3) is 0 Å². The van der Waals surface area contributed by atoms with Crippen molar-refractivity contribution >= 4 is 52.5 Å². The van der Waals surface area contributed by atoms with E-state index >= 15 is 0 Å². The molecule has 3 N–H and O–H groups in total. The molecule has 7 nitrogen and oxygen atoms in total. The molecular formula is C30H28ClN3O4S. The van der Waals surface area contributed by atoms with Crippen LogP contribution in [-0.4, -0.2) is 50.4 Å². The Morgan fingerprint density at radius 2 is 1.64 bits per heavy atom. The smallest absolute Gasteiger partial charge is 0.248 e. The van der Waals surface area contributed by atoms with Crippen LogP contribution in [0.4, 0.5) is 11.4 Å². The van der Waals surface area contributed by atoms with Crippen molar-refractivity contribution in [1.82, 2.24) is 4.90 Å². The molecule has 0 saturated carbocycles. The summed E-state index contributed by atoms with van der Waals surface area (Å²) in [6.07, 6.45) is 1.35. The van der Waals surface area contributed by atoms with Crippen LogP contribution in [0.3, 0.4) is 0 Å². The first-order valence-corrected chi connectivity index (χ1v) is 14.3. The van der Waals surface area contributed by atoms with E-state index in [1.165, 1.54) is 4.90 Å². The molecule has 1 spiro atoms. The molecule has 3 aliphatic heterocycles. The molecule has 3 aromatic carbocycles. The Balaban J connectivity index is 1.41. The highest BCUT2D eigenvalue weighted by molar-refractivity contribution is 8.02. The van der Waals surface area contributed by atoms with Gasteiger partial charge in [0.2, 0.25) is 17.7 Å². The fourth-order valence-corrected chi connectivity index (χ4v) is 8.96. The summed E-state index contributed by atoms with van der Waals surface area (Å²) in [6.45, 7) is -0.358. The summed E-state index contributed by atoms with van der Waals surface area (Å²) >= 11 is 7.94. The maximum Gasteiger partial charge on any atom is 0.248 e. The molecule has 200 valence electrons. The van der Waals surface area contributed by atoms with Gasteiger partial charge in [0.25, 0.3) is 0 Å². The fraction of sp³-hybridized carbons (Fsp3) is 0.300. The van der Waals surface area contributed by atoms with Gasteiger partial charge in [-0.2, -0.15) is 0 Å². The minimum atomic E-state index is -0.895. The number of rotatable bonds is 7. The largest absolute Gasteiger partial charge is 0.394 e. The lowest BCUT2D eigenvalue weighted by Gasteiger charge is -2.37. The number of nitrogens with zero attached hydrogens (tertiary/aromatic N) is 1. The molecule has 0 aliphatic carbocycles. The first kappa shape index (κ1) is 25.9. The van der Waals surface area contributed by atoms with E-state index in [2.05, 4.69) is 10.6 Å². The van der Waals surface area contributed by atoms with Crippen molar-refractivity contribution in [1.29, 1.82) is 0 Å². The van der Waals surface area contributed by atoms with Crippen molar-refractivity contribution in [2.75, 3.05) is 17.2 Å². The average molecular weight is 562 g/mol. The zero-order chi connectivity index (χ0) is 27.1. The third-order valence-electron chi connectivity index (χ3n) is 8.16. The fourth-order valence-electron chi connectivity index (χ4n) is 6.57. The lowest BCUT2D eigenvalue weighted by atomic mass is 9.70. The van der Waals surface area contributed by atoms with Crippen LogP contribution in [0.1, 0.15) is 24.4 Å². The third kappa shape index (κ3) is 4.31. The number of carbonyl (C=O) groups excluding carboxylic acids is 3. The van der Waals surface area contributed by atoms with Crippen molar-refractivity contribution < 1.29 is 19.5 Å². The number of carbonyl (C=O) groups is 3. The molecule has 39 heavy (non-hydrogen) atoms. The minimum Gasteiger partial charge on any atom is -0.394 e. The highest BCUT2D eigenvalue weighted by Gasteiger charge is 2.74. The number of nitrogens with one attached hydrogen (secondary N) is 2. The van der Waals surface area contributed by atoms with E-state index in [0.717, 1.165) is 12.0 Å². The lowest BCUT2D eigenvalue weighted by Crippen LogP contribution is -2.52. The number of fused-ring (bicyclic) bond motifs is 1. The van der Waals surface area contributed by atoms with E-state index in [1.54, 1.807) is 36.0 Å². The highest BCUT2D eigenvalue weighted by Crippen LogP contribution is 2.67. The van der Waals surface area contributed by atoms with E-state index in [4.69, 9.17) is 11.6 Å². The molecule has 2 unspecified atom stereocenters. The average Bonchev–Trinajstić information content (AvgIpc) is 3.59. The number of amides is 3. The molecule has 6 atom stereocenters. The van der Waals surface area contributed by atoms with Gasteiger partial charge in [-0.05, 0) is 42.7 Å². The van der Waals surface area contributed by atoms with Crippen molar-refractivity contribution in [3.63, 3.8) is 0 Å². The second kappa shape index (κ2) is 10.3. The first-order valence-electron chi connectivity index (χ1n) is 13.0. The number of thioether (sulfide) groups is 1. The summed E-state index contributed by atoms with van der Waals surface area (Å²) in [4.78, 5) is 43.7. The van der Waals surface area contributed by atoms with Gasteiger partial charge in [0, 0.05) is 10.9 Å². The monoisotopic (exact) mass is 561 g/mol. The van der Waals surface area contributed by atoms with E-state index in [-0.39, 0.29) is 29.6 Å². The van der Waals surface area contributed by atoms with Crippen LogP contribution in [0, 0.1) is 11.8 Å². The van der Waals surface area contributed by atoms with Gasteiger partial charge in [-0.1, -0.05) is 72.3 Å². The van der Waals surface area contributed by atoms with Gasteiger partial charge >= 0.3 is 0 Å². The third-order valence-corrected chi connectivity index (χ3v) is 10.4. The van der Waals surface area contributed by atoms with Gasteiger partial charge in [-0.15, -0.1) is 11.8 Å². The molecule has 3 amide bonds. The van der Waals surface area contributed by atoms with E-state index < -0.39 is 28.7 Å². The number of aliphatic hydroxyl groups is 1. The Morgan fingerprint density at radius 1 is 0.974 bits per heavy atom. The standard InChI is InChI=1S/C30H28ClN3O4S/c31-20-13-7-8-14-21(20)33-28(37)26-30-16-15-23(39-30)24(27(36)32-19-11-5-2-6-12-19)25(30)29(38)34(26)22(17-35)18-9-3-1-4-10-18/h1-14,22-26,35H,15-17H2,(H,32,36)(H,33,37)/t22-,23-,24+,25+,26?,30?/m1/s1. The quantitative estimate of drug-likeness (QED) is 0.387. The Bertz CT molecular complexity index is 1410. The zero-order valence-electron chi connectivity index (χ0n) is 21.0. The summed E-state index contributed by atoms with van der Waals surface area (Å²) in [7, 11) is 0. The number of para-hydroxylation sites is 2. The molecule has 2 bridgehead atoms. The van der Waals surface area contributed by atoms with E-state index in [0.29, 0.717) is 22.8 Å². The number of hydrogen-bond donors (Lipinski definition) is 3. The number of hydrogen-bond acceptors (Lipinski definition) is 5. The zero-order valence-corrected chi connectivity index (χ0v) is 22.6.